The van der Waals surface area contributed by atoms with Crippen LogP contribution in [0.1, 0.15) is 0 Å². The van der Waals surface area contributed by atoms with E-state index in [1.54, 1.807) is 5.38 Å². The molecule has 0 unspecified atom stereocenters. The fourth-order valence-electron chi connectivity index (χ4n) is 0.606. The van der Waals surface area contributed by atoms with E-state index in [0.29, 0.717) is 4.60 Å². The summed E-state index contributed by atoms with van der Waals surface area (Å²) in [5, 5.41) is 3.87. The van der Waals surface area contributed by atoms with Gasteiger partial charge in [0.15, 0.2) is 5.13 Å². The number of thiazole rings is 1. The van der Waals surface area contributed by atoms with Crippen LogP contribution in [0.3, 0.4) is 0 Å². The molecule has 14 heavy (non-hydrogen) atoms. The summed E-state index contributed by atoms with van der Waals surface area (Å²) >= 11 is 4.06. The summed E-state index contributed by atoms with van der Waals surface area (Å²) in [5.41, 5.74) is 0. The van der Waals surface area contributed by atoms with Gasteiger partial charge in [-0.1, -0.05) is 0 Å². The molecule has 1 aromatic heterocycles. The smallest absolute Gasteiger partial charge is 0.324 e. The highest BCUT2D eigenvalue weighted by Crippen LogP contribution is 2.25. The first-order valence-electron chi connectivity index (χ1n) is 3.42. The molecule has 0 aliphatic rings. The Balaban J connectivity index is 2.48. The van der Waals surface area contributed by atoms with E-state index in [2.05, 4.69) is 26.2 Å². The van der Waals surface area contributed by atoms with Crippen LogP contribution < -0.4 is 5.32 Å². The van der Waals surface area contributed by atoms with Crippen LogP contribution in [0.5, 0.6) is 0 Å². The van der Waals surface area contributed by atoms with Crippen molar-refractivity contribution in [1.29, 1.82) is 0 Å². The molecule has 0 atom stereocenters. The number of hydrogen-bond acceptors (Lipinski definition) is 3. The SMILES string of the molecule is FC(F)C(F)(F)CNc1nc(Br)cs1. The molecule has 0 radical (unpaired) electrons. The lowest BCUT2D eigenvalue weighted by Crippen LogP contribution is -2.34. The second-order valence-electron chi connectivity index (χ2n) is 2.39. The van der Waals surface area contributed by atoms with Crippen LogP contribution in [-0.4, -0.2) is 23.9 Å². The molecule has 0 amide bonds. The maximum atomic E-state index is 12.4. The lowest BCUT2D eigenvalue weighted by molar-refractivity contribution is -0.117. The van der Waals surface area contributed by atoms with Crippen molar-refractivity contribution in [2.75, 3.05) is 11.9 Å². The maximum Gasteiger partial charge on any atom is 0.324 e. The normalized spacial score (nSPS) is 12.1. The molecule has 0 saturated carbocycles. The predicted molar refractivity (Wildman–Crippen MR) is 49.3 cm³/mol. The summed E-state index contributed by atoms with van der Waals surface area (Å²) in [6.45, 7) is -1.12. The highest BCUT2D eigenvalue weighted by Gasteiger charge is 2.40. The fraction of sp³-hybridized carbons (Fsp3) is 0.500. The number of rotatable bonds is 4. The van der Waals surface area contributed by atoms with Crippen LogP contribution in [0.2, 0.25) is 0 Å². The van der Waals surface area contributed by atoms with E-state index in [1.807, 2.05) is 0 Å². The first-order valence-corrected chi connectivity index (χ1v) is 5.10. The molecule has 2 nitrogen and oxygen atoms in total. The van der Waals surface area contributed by atoms with E-state index in [0.717, 1.165) is 11.3 Å². The van der Waals surface area contributed by atoms with Crippen molar-refractivity contribution in [2.24, 2.45) is 0 Å². The monoisotopic (exact) mass is 292 g/mol. The molecule has 1 aromatic rings. The topological polar surface area (TPSA) is 24.9 Å². The fourth-order valence-corrected chi connectivity index (χ4v) is 1.75. The van der Waals surface area contributed by atoms with E-state index in [1.165, 1.54) is 0 Å². The number of anilines is 1. The van der Waals surface area contributed by atoms with Crippen LogP contribution in [0.15, 0.2) is 9.98 Å². The van der Waals surface area contributed by atoms with Gasteiger partial charge in [0.05, 0.1) is 6.54 Å². The lowest BCUT2D eigenvalue weighted by Gasteiger charge is -2.14. The van der Waals surface area contributed by atoms with Gasteiger partial charge in [-0.05, 0) is 15.9 Å². The molecular weight excluding hydrogens is 288 g/mol. The summed E-state index contributed by atoms with van der Waals surface area (Å²) in [4.78, 5) is 3.72. The van der Waals surface area contributed by atoms with Crippen LogP contribution in [0.4, 0.5) is 22.7 Å². The van der Waals surface area contributed by atoms with Crippen LogP contribution in [0, 0.1) is 0 Å². The number of halogens is 5. The third kappa shape index (κ3) is 3.09. The van der Waals surface area contributed by atoms with E-state index < -0.39 is 18.9 Å². The molecular formula is C6H5BrF4N2S. The van der Waals surface area contributed by atoms with E-state index in [9.17, 15) is 17.6 Å². The summed E-state index contributed by atoms with van der Waals surface area (Å²) in [7, 11) is 0. The Morgan fingerprint density at radius 1 is 1.57 bits per heavy atom. The summed E-state index contributed by atoms with van der Waals surface area (Å²) in [6.07, 6.45) is -3.67. The molecule has 1 N–H and O–H groups in total. The average molecular weight is 293 g/mol. The van der Waals surface area contributed by atoms with Gasteiger partial charge in [-0.2, -0.15) is 8.78 Å². The lowest BCUT2D eigenvalue weighted by atomic mass is 10.3. The molecule has 0 aliphatic heterocycles. The molecule has 0 fully saturated rings. The van der Waals surface area contributed by atoms with Crippen LogP contribution in [-0.2, 0) is 0 Å². The third-order valence-electron chi connectivity index (χ3n) is 1.27. The zero-order valence-electron chi connectivity index (χ0n) is 6.61. The average Bonchev–Trinajstić information content (AvgIpc) is 2.48. The predicted octanol–water partition coefficient (Wildman–Crippen LogP) is 3.22. The van der Waals surface area contributed by atoms with Gasteiger partial charge in [0.1, 0.15) is 4.60 Å². The van der Waals surface area contributed by atoms with Crippen LogP contribution in [0.25, 0.3) is 0 Å². The van der Waals surface area contributed by atoms with Crippen molar-refractivity contribution in [3.05, 3.63) is 9.98 Å². The van der Waals surface area contributed by atoms with Gasteiger partial charge in [-0.3, -0.25) is 0 Å². The minimum atomic E-state index is -4.03. The second kappa shape index (κ2) is 4.43. The first-order chi connectivity index (χ1) is 6.42. The highest BCUT2D eigenvalue weighted by atomic mass is 79.9. The van der Waals surface area contributed by atoms with E-state index in [4.69, 9.17) is 0 Å². The molecule has 0 bridgehead atoms. The van der Waals surface area contributed by atoms with Crippen LogP contribution >= 0.6 is 27.3 Å². The van der Waals surface area contributed by atoms with Crippen molar-refractivity contribution >= 4 is 32.4 Å². The van der Waals surface area contributed by atoms with Gasteiger partial charge < -0.3 is 5.32 Å². The summed E-state index contributed by atoms with van der Waals surface area (Å²) in [5.74, 6) is -4.03. The summed E-state index contributed by atoms with van der Waals surface area (Å²) < 4.78 is 48.7. The van der Waals surface area contributed by atoms with Crippen molar-refractivity contribution in [3.8, 4) is 0 Å². The number of nitrogens with one attached hydrogen (secondary N) is 1. The molecule has 80 valence electrons. The van der Waals surface area contributed by atoms with Gasteiger partial charge in [0.25, 0.3) is 0 Å². The summed E-state index contributed by atoms with van der Waals surface area (Å²) in [6, 6.07) is 0. The van der Waals surface area contributed by atoms with Crippen molar-refractivity contribution in [2.45, 2.75) is 12.3 Å². The second-order valence-corrected chi connectivity index (χ2v) is 4.06. The van der Waals surface area contributed by atoms with Gasteiger partial charge in [0, 0.05) is 5.38 Å². The maximum absolute atomic E-state index is 12.4. The van der Waals surface area contributed by atoms with Gasteiger partial charge in [-0.25, -0.2) is 13.8 Å². The van der Waals surface area contributed by atoms with E-state index >= 15 is 0 Å². The minimum Gasteiger partial charge on any atom is -0.355 e. The Morgan fingerprint density at radius 3 is 2.64 bits per heavy atom. The minimum absolute atomic E-state index is 0.178. The molecule has 0 saturated heterocycles. The molecule has 1 rings (SSSR count). The van der Waals surface area contributed by atoms with Gasteiger partial charge >= 0.3 is 12.3 Å². The zero-order valence-corrected chi connectivity index (χ0v) is 9.01. The Labute approximate surface area is 89.5 Å². The number of aromatic nitrogens is 1. The van der Waals surface area contributed by atoms with Crippen molar-refractivity contribution in [1.82, 2.24) is 4.98 Å². The van der Waals surface area contributed by atoms with Gasteiger partial charge in [-0.15, -0.1) is 11.3 Å². The first kappa shape index (κ1) is 11.7. The number of alkyl halides is 4. The van der Waals surface area contributed by atoms with E-state index in [-0.39, 0.29) is 5.13 Å². The van der Waals surface area contributed by atoms with Gasteiger partial charge in [0.2, 0.25) is 0 Å². The quantitative estimate of drug-likeness (QED) is 0.862. The molecule has 0 aromatic carbocycles. The highest BCUT2D eigenvalue weighted by molar-refractivity contribution is 9.10. The number of hydrogen-bond donors (Lipinski definition) is 1. The Morgan fingerprint density at radius 2 is 2.21 bits per heavy atom. The number of nitrogens with zero attached hydrogens (tertiary/aromatic N) is 1. The molecule has 8 heteroatoms. The van der Waals surface area contributed by atoms with Crippen molar-refractivity contribution in [3.63, 3.8) is 0 Å². The largest absolute Gasteiger partial charge is 0.355 e. The zero-order chi connectivity index (χ0) is 10.8. The third-order valence-corrected chi connectivity index (χ3v) is 2.78. The molecule has 0 spiro atoms. The Kier molecular flexibility index (Phi) is 3.71. The molecule has 0 aliphatic carbocycles. The standard InChI is InChI=1S/C6H5BrF4N2S/c7-3-1-14-5(13-3)12-2-6(10,11)4(8)9/h1,4H,2H2,(H,12,13). The Bertz CT molecular complexity index is 304. The Hall–Kier alpha value is -0.370. The van der Waals surface area contributed by atoms with Crippen molar-refractivity contribution < 1.29 is 17.6 Å². The molecule has 1 heterocycles.